The predicted molar refractivity (Wildman–Crippen MR) is 70.2 cm³/mol. The molecule has 0 aliphatic heterocycles. The highest BCUT2D eigenvalue weighted by Crippen LogP contribution is 2.15. The average molecular weight is 261 g/mol. The number of rotatable bonds is 5. The zero-order valence-corrected chi connectivity index (χ0v) is 10.9. The topological polar surface area (TPSA) is 41.1 Å². The van der Waals surface area contributed by atoms with E-state index < -0.39 is 5.82 Å². The first kappa shape index (κ1) is 15.9. The summed E-state index contributed by atoms with van der Waals surface area (Å²) in [7, 11) is 1.83. The molecule has 0 saturated heterocycles. The third kappa shape index (κ3) is 5.65. The van der Waals surface area contributed by atoms with Gasteiger partial charge >= 0.3 is 0 Å². The zero-order valence-electron chi connectivity index (χ0n) is 10.0. The van der Waals surface area contributed by atoms with Gasteiger partial charge in [0.2, 0.25) is 5.91 Å². The molecule has 0 atom stereocenters. The van der Waals surface area contributed by atoms with Gasteiger partial charge in [0.25, 0.3) is 0 Å². The summed E-state index contributed by atoms with van der Waals surface area (Å²) in [5, 5.41) is 5.52. The Balaban J connectivity index is 0.00000256. The number of aryl methyl sites for hydroxylation is 1. The van der Waals surface area contributed by atoms with E-state index in [1.165, 1.54) is 6.07 Å². The van der Waals surface area contributed by atoms with Crippen LogP contribution in [0, 0.1) is 12.7 Å². The van der Waals surface area contributed by atoms with Gasteiger partial charge in [0.15, 0.2) is 0 Å². The maximum Gasteiger partial charge on any atom is 0.224 e. The Hall–Kier alpha value is -1.13. The molecule has 0 bridgehead atoms. The largest absolute Gasteiger partial charge is 0.324 e. The number of anilines is 1. The molecule has 0 spiro atoms. The molecule has 96 valence electrons. The Morgan fingerprint density at radius 2 is 2.12 bits per heavy atom. The van der Waals surface area contributed by atoms with Crippen molar-refractivity contribution in [3.63, 3.8) is 0 Å². The average Bonchev–Trinajstić information content (AvgIpc) is 2.24. The molecule has 1 rings (SSSR count). The Kier molecular flexibility index (Phi) is 7.50. The Bertz CT molecular complexity index is 372. The van der Waals surface area contributed by atoms with Gasteiger partial charge in [-0.3, -0.25) is 4.79 Å². The summed E-state index contributed by atoms with van der Waals surface area (Å²) in [6.45, 7) is 2.64. The van der Waals surface area contributed by atoms with Gasteiger partial charge in [-0.15, -0.1) is 12.4 Å². The molecule has 17 heavy (non-hydrogen) atoms. The van der Waals surface area contributed by atoms with E-state index in [4.69, 9.17) is 0 Å². The lowest BCUT2D eigenvalue weighted by molar-refractivity contribution is -0.116. The maximum atomic E-state index is 13.3. The van der Waals surface area contributed by atoms with Crippen LogP contribution in [0.25, 0.3) is 0 Å². The molecule has 0 unspecified atom stereocenters. The lowest BCUT2D eigenvalue weighted by atomic mass is 10.2. The molecule has 0 aliphatic rings. The second kappa shape index (κ2) is 8.03. The number of halogens is 2. The number of carbonyl (C=O) groups excluding carboxylic acids is 1. The van der Waals surface area contributed by atoms with E-state index in [-0.39, 0.29) is 24.0 Å². The minimum Gasteiger partial charge on any atom is -0.324 e. The van der Waals surface area contributed by atoms with E-state index in [2.05, 4.69) is 10.6 Å². The third-order valence-corrected chi connectivity index (χ3v) is 2.23. The van der Waals surface area contributed by atoms with Crippen molar-refractivity contribution in [2.75, 3.05) is 18.9 Å². The molecule has 0 saturated carbocycles. The zero-order chi connectivity index (χ0) is 12.0. The highest BCUT2D eigenvalue weighted by molar-refractivity contribution is 5.90. The maximum absolute atomic E-state index is 13.3. The number of hydrogen-bond donors (Lipinski definition) is 2. The van der Waals surface area contributed by atoms with E-state index in [1.807, 2.05) is 14.0 Å². The molecule has 2 N–H and O–H groups in total. The van der Waals surface area contributed by atoms with Crippen LogP contribution in [0.3, 0.4) is 0 Å². The molecule has 0 radical (unpaired) electrons. The van der Waals surface area contributed by atoms with Crippen LogP contribution < -0.4 is 10.6 Å². The van der Waals surface area contributed by atoms with Gasteiger partial charge in [0.1, 0.15) is 5.82 Å². The third-order valence-electron chi connectivity index (χ3n) is 2.23. The quantitative estimate of drug-likeness (QED) is 0.799. The van der Waals surface area contributed by atoms with Crippen molar-refractivity contribution in [1.82, 2.24) is 5.32 Å². The normalized spacial score (nSPS) is 9.59. The van der Waals surface area contributed by atoms with Crippen LogP contribution in [0.2, 0.25) is 0 Å². The van der Waals surface area contributed by atoms with E-state index in [0.717, 1.165) is 18.5 Å². The molecule has 0 heterocycles. The van der Waals surface area contributed by atoms with Crippen molar-refractivity contribution in [2.45, 2.75) is 19.8 Å². The monoisotopic (exact) mass is 260 g/mol. The Labute approximate surface area is 107 Å². The summed E-state index contributed by atoms with van der Waals surface area (Å²) in [4.78, 5) is 11.4. The van der Waals surface area contributed by atoms with Crippen LogP contribution in [-0.2, 0) is 4.79 Å². The molecular formula is C12H18ClFN2O. The lowest BCUT2D eigenvalue weighted by Crippen LogP contribution is -2.15. The van der Waals surface area contributed by atoms with Crippen molar-refractivity contribution >= 4 is 24.0 Å². The first-order valence-corrected chi connectivity index (χ1v) is 5.34. The molecule has 0 aliphatic carbocycles. The Morgan fingerprint density at radius 1 is 1.41 bits per heavy atom. The van der Waals surface area contributed by atoms with Crippen LogP contribution in [0.1, 0.15) is 18.4 Å². The minimum absolute atomic E-state index is 0. The van der Waals surface area contributed by atoms with Crippen molar-refractivity contribution in [3.05, 3.63) is 29.6 Å². The van der Waals surface area contributed by atoms with E-state index in [0.29, 0.717) is 6.42 Å². The van der Waals surface area contributed by atoms with Crippen LogP contribution in [0.5, 0.6) is 0 Å². The number of amides is 1. The molecule has 1 aromatic rings. The van der Waals surface area contributed by atoms with Crippen molar-refractivity contribution in [2.24, 2.45) is 0 Å². The second-order valence-corrected chi connectivity index (χ2v) is 3.74. The first-order chi connectivity index (χ1) is 7.63. The lowest BCUT2D eigenvalue weighted by Gasteiger charge is -2.07. The second-order valence-electron chi connectivity index (χ2n) is 3.74. The SMILES string of the molecule is CNCCCC(=O)Nc1cc(C)ccc1F.Cl. The summed E-state index contributed by atoms with van der Waals surface area (Å²) < 4.78 is 13.3. The van der Waals surface area contributed by atoms with Crippen molar-refractivity contribution in [1.29, 1.82) is 0 Å². The number of nitrogens with one attached hydrogen (secondary N) is 2. The minimum atomic E-state index is -0.396. The summed E-state index contributed by atoms with van der Waals surface area (Å²) in [6, 6.07) is 4.66. The molecule has 1 aromatic carbocycles. The van der Waals surface area contributed by atoms with E-state index in [9.17, 15) is 9.18 Å². The summed E-state index contributed by atoms with van der Waals surface area (Å²) in [5.74, 6) is -0.549. The van der Waals surface area contributed by atoms with Gasteiger partial charge in [0, 0.05) is 6.42 Å². The summed E-state index contributed by atoms with van der Waals surface area (Å²) in [5.41, 5.74) is 1.18. The Morgan fingerprint density at radius 3 is 2.76 bits per heavy atom. The van der Waals surface area contributed by atoms with Crippen molar-refractivity contribution < 1.29 is 9.18 Å². The van der Waals surface area contributed by atoms with Gasteiger partial charge in [-0.2, -0.15) is 0 Å². The van der Waals surface area contributed by atoms with Gasteiger partial charge in [-0.05, 0) is 44.6 Å². The predicted octanol–water partition coefficient (Wildman–Crippen LogP) is 2.49. The summed E-state index contributed by atoms with van der Waals surface area (Å²) >= 11 is 0. The molecule has 3 nitrogen and oxygen atoms in total. The highest BCUT2D eigenvalue weighted by Gasteiger charge is 2.06. The summed E-state index contributed by atoms with van der Waals surface area (Å²) in [6.07, 6.45) is 1.14. The van der Waals surface area contributed by atoms with Gasteiger partial charge in [-0.1, -0.05) is 6.07 Å². The molecule has 0 aromatic heterocycles. The van der Waals surface area contributed by atoms with Crippen LogP contribution in [0.4, 0.5) is 10.1 Å². The standard InChI is InChI=1S/C12H17FN2O.ClH/c1-9-5-6-10(13)11(8-9)15-12(16)4-3-7-14-2;/h5-6,8,14H,3-4,7H2,1-2H3,(H,15,16);1H. The van der Waals surface area contributed by atoms with Crippen molar-refractivity contribution in [3.8, 4) is 0 Å². The number of benzene rings is 1. The number of hydrogen-bond acceptors (Lipinski definition) is 2. The molecular weight excluding hydrogens is 243 g/mol. The molecule has 1 amide bonds. The fourth-order valence-electron chi connectivity index (χ4n) is 1.37. The molecule has 5 heteroatoms. The van der Waals surface area contributed by atoms with Crippen LogP contribution in [-0.4, -0.2) is 19.5 Å². The van der Waals surface area contributed by atoms with E-state index >= 15 is 0 Å². The smallest absolute Gasteiger partial charge is 0.224 e. The molecule has 0 fully saturated rings. The van der Waals surface area contributed by atoms with Gasteiger partial charge < -0.3 is 10.6 Å². The van der Waals surface area contributed by atoms with Crippen LogP contribution >= 0.6 is 12.4 Å². The van der Waals surface area contributed by atoms with Gasteiger partial charge in [-0.25, -0.2) is 4.39 Å². The highest BCUT2D eigenvalue weighted by atomic mass is 35.5. The fourth-order valence-corrected chi connectivity index (χ4v) is 1.37. The number of carbonyl (C=O) groups is 1. The first-order valence-electron chi connectivity index (χ1n) is 5.34. The van der Waals surface area contributed by atoms with E-state index in [1.54, 1.807) is 12.1 Å². The van der Waals surface area contributed by atoms with Crippen LogP contribution in [0.15, 0.2) is 18.2 Å². The fraction of sp³-hybridized carbons (Fsp3) is 0.417. The van der Waals surface area contributed by atoms with Gasteiger partial charge in [0.05, 0.1) is 5.69 Å².